The lowest BCUT2D eigenvalue weighted by molar-refractivity contribution is -0.144. The molecule has 0 radical (unpaired) electrons. The summed E-state index contributed by atoms with van der Waals surface area (Å²) in [4.78, 5) is 15.0. The molecule has 1 aromatic rings. The molecular formula is C11H17N3O3S. The Balaban J connectivity index is 1.84. The first kappa shape index (κ1) is 13.4. The zero-order valence-corrected chi connectivity index (χ0v) is 11.0. The van der Waals surface area contributed by atoms with Crippen molar-refractivity contribution in [2.75, 3.05) is 5.75 Å². The van der Waals surface area contributed by atoms with Gasteiger partial charge in [-0.2, -0.15) is 0 Å². The maximum atomic E-state index is 10.8. The third kappa shape index (κ3) is 3.23. The van der Waals surface area contributed by atoms with Crippen LogP contribution < -0.4 is 0 Å². The number of thioether (sulfide) groups is 1. The zero-order chi connectivity index (χ0) is 13.2. The van der Waals surface area contributed by atoms with Crippen LogP contribution in [0.5, 0.6) is 0 Å². The Morgan fingerprint density at radius 1 is 1.56 bits per heavy atom. The molecule has 6 nitrogen and oxygen atoms in total. The van der Waals surface area contributed by atoms with Gasteiger partial charge in [0.05, 0.1) is 11.5 Å². The molecule has 1 aliphatic carbocycles. The van der Waals surface area contributed by atoms with Gasteiger partial charge in [0.25, 0.3) is 0 Å². The van der Waals surface area contributed by atoms with Crippen molar-refractivity contribution in [3.8, 4) is 0 Å². The highest BCUT2D eigenvalue weighted by Gasteiger charge is 2.35. The lowest BCUT2D eigenvalue weighted by Crippen LogP contribution is -2.38. The van der Waals surface area contributed by atoms with E-state index in [-0.39, 0.29) is 5.92 Å². The van der Waals surface area contributed by atoms with Crippen LogP contribution in [0.3, 0.4) is 0 Å². The summed E-state index contributed by atoms with van der Waals surface area (Å²) in [7, 11) is 0. The first-order valence-corrected chi connectivity index (χ1v) is 6.94. The maximum absolute atomic E-state index is 10.8. The first-order chi connectivity index (χ1) is 8.48. The fraction of sp³-hybridized carbons (Fsp3) is 0.727. The second kappa shape index (κ2) is 5.27. The van der Waals surface area contributed by atoms with Crippen LogP contribution >= 0.6 is 11.8 Å². The molecule has 0 unspecified atom stereocenters. The number of nitrogens with zero attached hydrogens (tertiary/aromatic N) is 2. The van der Waals surface area contributed by atoms with E-state index in [0.29, 0.717) is 36.6 Å². The molecule has 1 aliphatic rings. The van der Waals surface area contributed by atoms with Crippen molar-refractivity contribution in [2.24, 2.45) is 5.92 Å². The zero-order valence-electron chi connectivity index (χ0n) is 10.2. The molecule has 7 heteroatoms. The lowest BCUT2D eigenvalue weighted by Gasteiger charge is -2.34. The van der Waals surface area contributed by atoms with Gasteiger partial charge in [-0.3, -0.25) is 9.89 Å². The number of carboxylic acids is 1. The van der Waals surface area contributed by atoms with E-state index in [4.69, 9.17) is 5.11 Å². The molecule has 0 atom stereocenters. The van der Waals surface area contributed by atoms with Gasteiger partial charge in [0.15, 0.2) is 0 Å². The fourth-order valence-corrected chi connectivity index (χ4v) is 3.13. The Hall–Kier alpha value is -1.08. The lowest BCUT2D eigenvalue weighted by atomic mass is 9.80. The predicted octanol–water partition coefficient (Wildman–Crippen LogP) is 1.21. The van der Waals surface area contributed by atoms with Crippen LogP contribution in [-0.4, -0.2) is 42.7 Å². The molecule has 2 rings (SSSR count). The van der Waals surface area contributed by atoms with E-state index >= 15 is 0 Å². The Morgan fingerprint density at radius 3 is 2.72 bits per heavy atom. The van der Waals surface area contributed by atoms with Crippen molar-refractivity contribution in [1.29, 1.82) is 0 Å². The minimum absolute atomic E-state index is 0.305. The number of aryl methyl sites for hydroxylation is 1. The monoisotopic (exact) mass is 271 g/mol. The van der Waals surface area contributed by atoms with E-state index in [1.807, 2.05) is 6.92 Å². The number of aromatic nitrogens is 3. The molecular weight excluding hydrogens is 254 g/mol. The molecule has 0 aliphatic heterocycles. The topological polar surface area (TPSA) is 99.1 Å². The number of rotatable bonds is 4. The van der Waals surface area contributed by atoms with Gasteiger partial charge in [-0.15, -0.1) is 5.10 Å². The number of aromatic amines is 1. The molecule has 0 saturated heterocycles. The highest BCUT2D eigenvalue weighted by atomic mass is 32.2. The predicted molar refractivity (Wildman–Crippen MR) is 66.4 cm³/mol. The molecule has 1 saturated carbocycles. The number of carbonyl (C=O) groups is 1. The highest BCUT2D eigenvalue weighted by molar-refractivity contribution is 7.99. The summed E-state index contributed by atoms with van der Waals surface area (Å²) in [6, 6.07) is 0. The molecule has 0 spiro atoms. The summed E-state index contributed by atoms with van der Waals surface area (Å²) in [6.45, 7) is 1.82. The third-order valence-corrected chi connectivity index (χ3v) is 4.43. The summed E-state index contributed by atoms with van der Waals surface area (Å²) in [5, 5.41) is 26.6. The number of aliphatic hydroxyl groups is 1. The van der Waals surface area contributed by atoms with Crippen LogP contribution in [0.15, 0.2) is 5.16 Å². The molecule has 1 fully saturated rings. The summed E-state index contributed by atoms with van der Waals surface area (Å²) in [6.07, 6.45) is 2.14. The summed E-state index contributed by atoms with van der Waals surface area (Å²) >= 11 is 1.41. The van der Waals surface area contributed by atoms with Gasteiger partial charge in [0.2, 0.25) is 5.16 Å². The van der Waals surface area contributed by atoms with Gasteiger partial charge >= 0.3 is 5.97 Å². The molecule has 0 amide bonds. The summed E-state index contributed by atoms with van der Waals surface area (Å²) in [5.41, 5.74) is -0.787. The second-order valence-corrected chi connectivity index (χ2v) is 5.77. The number of nitrogens with one attached hydrogen (secondary N) is 1. The van der Waals surface area contributed by atoms with Gasteiger partial charge in [0, 0.05) is 5.75 Å². The quantitative estimate of drug-likeness (QED) is 0.712. The Bertz CT molecular complexity index is 427. The van der Waals surface area contributed by atoms with E-state index in [0.717, 1.165) is 5.82 Å². The molecule has 1 heterocycles. The van der Waals surface area contributed by atoms with Crippen molar-refractivity contribution in [3.63, 3.8) is 0 Å². The highest BCUT2D eigenvalue weighted by Crippen LogP contribution is 2.35. The molecule has 0 aromatic carbocycles. The van der Waals surface area contributed by atoms with Crippen LogP contribution in [0, 0.1) is 12.8 Å². The molecule has 100 valence electrons. The number of hydrogen-bond donors (Lipinski definition) is 3. The normalized spacial score (nSPS) is 28.2. The summed E-state index contributed by atoms with van der Waals surface area (Å²) in [5.74, 6) is 0.200. The van der Waals surface area contributed by atoms with Crippen LogP contribution in [-0.2, 0) is 4.79 Å². The smallest absolute Gasteiger partial charge is 0.306 e. The second-order valence-electron chi connectivity index (χ2n) is 4.83. The number of aliphatic carboxylic acids is 1. The van der Waals surface area contributed by atoms with Crippen LogP contribution in [0.2, 0.25) is 0 Å². The first-order valence-electron chi connectivity index (χ1n) is 5.95. The Kier molecular flexibility index (Phi) is 3.91. The Morgan fingerprint density at radius 2 is 2.22 bits per heavy atom. The van der Waals surface area contributed by atoms with Crippen LogP contribution in [0.1, 0.15) is 31.5 Å². The average molecular weight is 271 g/mol. The third-order valence-electron chi connectivity index (χ3n) is 3.31. The van der Waals surface area contributed by atoms with Gasteiger partial charge in [0.1, 0.15) is 5.82 Å². The van der Waals surface area contributed by atoms with E-state index in [1.165, 1.54) is 11.8 Å². The largest absolute Gasteiger partial charge is 0.481 e. The minimum atomic E-state index is -0.787. The van der Waals surface area contributed by atoms with Crippen molar-refractivity contribution in [2.45, 2.75) is 43.4 Å². The van der Waals surface area contributed by atoms with E-state index in [1.54, 1.807) is 0 Å². The van der Waals surface area contributed by atoms with E-state index < -0.39 is 11.6 Å². The molecule has 18 heavy (non-hydrogen) atoms. The van der Waals surface area contributed by atoms with Crippen molar-refractivity contribution in [3.05, 3.63) is 5.82 Å². The van der Waals surface area contributed by atoms with Gasteiger partial charge in [-0.25, -0.2) is 4.98 Å². The van der Waals surface area contributed by atoms with Gasteiger partial charge in [-0.1, -0.05) is 11.8 Å². The fourth-order valence-electron chi connectivity index (χ4n) is 2.13. The van der Waals surface area contributed by atoms with Crippen molar-refractivity contribution >= 4 is 17.7 Å². The van der Waals surface area contributed by atoms with Crippen molar-refractivity contribution < 1.29 is 15.0 Å². The van der Waals surface area contributed by atoms with Gasteiger partial charge < -0.3 is 10.2 Å². The number of carboxylic acid groups (broad SMARTS) is 1. The molecule has 1 aromatic heterocycles. The van der Waals surface area contributed by atoms with E-state index in [2.05, 4.69) is 15.2 Å². The standard InChI is InChI=1S/C11H17N3O3S/c1-7-12-10(14-13-7)18-6-11(17)4-2-8(3-5-11)9(15)16/h8,17H,2-6H2,1H3,(H,15,16)(H,12,13,14). The minimum Gasteiger partial charge on any atom is -0.481 e. The molecule has 0 bridgehead atoms. The SMILES string of the molecule is Cc1nc(SCC2(O)CCC(C(=O)O)CC2)n[nH]1. The van der Waals surface area contributed by atoms with Crippen LogP contribution in [0.4, 0.5) is 0 Å². The average Bonchev–Trinajstić information content (AvgIpc) is 2.73. The summed E-state index contributed by atoms with van der Waals surface area (Å²) < 4.78 is 0. The Labute approximate surface area is 109 Å². The molecule has 3 N–H and O–H groups in total. The number of H-pyrrole nitrogens is 1. The van der Waals surface area contributed by atoms with E-state index in [9.17, 15) is 9.90 Å². The van der Waals surface area contributed by atoms with Crippen LogP contribution in [0.25, 0.3) is 0 Å². The number of hydrogen-bond acceptors (Lipinski definition) is 5. The van der Waals surface area contributed by atoms with Gasteiger partial charge in [-0.05, 0) is 32.6 Å². The maximum Gasteiger partial charge on any atom is 0.306 e. The van der Waals surface area contributed by atoms with Crippen molar-refractivity contribution in [1.82, 2.24) is 15.2 Å².